The Kier molecular flexibility index (Phi) is 2.63. The number of rotatable bonds is 2. The average Bonchev–Trinajstić information content (AvgIpc) is 3.16. The second kappa shape index (κ2) is 4.70. The molecular weight excluding hydrogens is 276 g/mol. The fraction of sp³-hybridized carbons (Fsp3) is 0.130. The van der Waals surface area contributed by atoms with Crippen LogP contribution in [0.1, 0.15) is 34.1 Å². The lowest BCUT2D eigenvalue weighted by Gasteiger charge is -2.12. The summed E-state index contributed by atoms with van der Waals surface area (Å²) in [4.78, 5) is 0. The van der Waals surface area contributed by atoms with Gasteiger partial charge in [0.25, 0.3) is 0 Å². The maximum Gasteiger partial charge on any atom is 0.0291 e. The molecule has 110 valence electrons. The molecule has 0 N–H and O–H groups in total. The third kappa shape index (κ3) is 1.72. The van der Waals surface area contributed by atoms with Crippen LogP contribution in [-0.4, -0.2) is 0 Å². The molecule has 0 saturated heterocycles. The van der Waals surface area contributed by atoms with Crippen LogP contribution in [-0.2, 0) is 5.41 Å². The van der Waals surface area contributed by atoms with Gasteiger partial charge in [0, 0.05) is 17.3 Å². The van der Waals surface area contributed by atoms with Crippen LogP contribution in [0.2, 0.25) is 0 Å². The lowest BCUT2D eigenvalue weighted by atomic mass is 9.91. The molecule has 1 saturated carbocycles. The minimum absolute atomic E-state index is 0.138. The summed E-state index contributed by atoms with van der Waals surface area (Å²) in [6.45, 7) is 0. The molecule has 0 bridgehead atoms. The molecule has 0 aromatic heterocycles. The van der Waals surface area contributed by atoms with E-state index in [0.717, 1.165) is 0 Å². The smallest absolute Gasteiger partial charge is 0.0291 e. The summed E-state index contributed by atoms with van der Waals surface area (Å²) in [5.41, 5.74) is 5.90. The molecule has 0 aliphatic heterocycles. The number of benzene rings is 3. The summed E-state index contributed by atoms with van der Waals surface area (Å²) in [5.74, 6) is 1.07. The fourth-order valence-corrected chi connectivity index (χ4v) is 4.56. The topological polar surface area (TPSA) is 0 Å². The van der Waals surface area contributed by atoms with Gasteiger partial charge in [-0.25, -0.2) is 0 Å². The van der Waals surface area contributed by atoms with Crippen molar-refractivity contribution < 1.29 is 0 Å². The van der Waals surface area contributed by atoms with E-state index in [1.165, 1.54) is 22.3 Å². The number of hydrogen-bond acceptors (Lipinski definition) is 0. The minimum Gasteiger partial charge on any atom is -0.0721 e. The molecule has 0 amide bonds. The summed E-state index contributed by atoms with van der Waals surface area (Å²) in [5, 5.41) is 0. The summed E-state index contributed by atoms with van der Waals surface area (Å²) in [7, 11) is 0. The molecule has 0 heterocycles. The first-order valence-corrected chi connectivity index (χ1v) is 8.30. The molecule has 2 aliphatic rings. The lowest BCUT2D eigenvalue weighted by Crippen LogP contribution is -2.05. The van der Waals surface area contributed by atoms with Crippen LogP contribution in [0.15, 0.2) is 91.0 Å². The van der Waals surface area contributed by atoms with Crippen molar-refractivity contribution in [2.45, 2.75) is 17.3 Å². The second-order valence-corrected chi connectivity index (χ2v) is 6.63. The van der Waals surface area contributed by atoms with Crippen LogP contribution in [0.3, 0.4) is 0 Å². The van der Waals surface area contributed by atoms with Crippen molar-refractivity contribution in [3.8, 4) is 0 Å². The third-order valence-electron chi connectivity index (χ3n) is 5.54. The van der Waals surface area contributed by atoms with Gasteiger partial charge in [-0.1, -0.05) is 97.1 Å². The Morgan fingerprint density at radius 3 is 1.70 bits per heavy atom. The second-order valence-electron chi connectivity index (χ2n) is 6.63. The summed E-state index contributed by atoms with van der Waals surface area (Å²) < 4.78 is 0. The molecule has 3 aromatic rings. The molecular formula is C23H18. The van der Waals surface area contributed by atoms with E-state index in [1.807, 2.05) is 0 Å². The highest BCUT2D eigenvalue weighted by Gasteiger charge is 2.66. The standard InChI is InChI=1S/C23H18/c1-3-10-18(11-4-1)21-22(19-12-5-2-6-13-19)23(21)16-15-17-9-7-8-14-20(17)23/h1-16,21-22H. The van der Waals surface area contributed by atoms with Crippen LogP contribution >= 0.6 is 0 Å². The molecule has 1 spiro atoms. The van der Waals surface area contributed by atoms with Crippen LogP contribution < -0.4 is 0 Å². The van der Waals surface area contributed by atoms with Crippen LogP contribution in [0.5, 0.6) is 0 Å². The Morgan fingerprint density at radius 2 is 1.09 bits per heavy atom. The molecule has 2 unspecified atom stereocenters. The van der Waals surface area contributed by atoms with Crippen molar-refractivity contribution in [1.82, 2.24) is 0 Å². The van der Waals surface area contributed by atoms with E-state index >= 15 is 0 Å². The lowest BCUT2D eigenvalue weighted by molar-refractivity contribution is 0.836. The van der Waals surface area contributed by atoms with Gasteiger partial charge in [-0.15, -0.1) is 0 Å². The van der Waals surface area contributed by atoms with Crippen molar-refractivity contribution >= 4 is 6.08 Å². The first-order valence-electron chi connectivity index (χ1n) is 8.30. The van der Waals surface area contributed by atoms with Gasteiger partial charge in [-0.3, -0.25) is 0 Å². The molecule has 1 fully saturated rings. The molecule has 0 heteroatoms. The fourth-order valence-electron chi connectivity index (χ4n) is 4.56. The zero-order chi connectivity index (χ0) is 15.3. The van der Waals surface area contributed by atoms with E-state index in [0.29, 0.717) is 11.8 Å². The minimum atomic E-state index is 0.138. The highest BCUT2D eigenvalue weighted by atomic mass is 14.7. The van der Waals surface area contributed by atoms with Gasteiger partial charge in [-0.05, 0) is 22.3 Å². The van der Waals surface area contributed by atoms with E-state index in [-0.39, 0.29) is 5.41 Å². The van der Waals surface area contributed by atoms with Crippen molar-refractivity contribution in [3.05, 3.63) is 113 Å². The Bertz CT molecular complexity index is 829. The van der Waals surface area contributed by atoms with Crippen molar-refractivity contribution in [2.24, 2.45) is 0 Å². The molecule has 0 nitrogen and oxygen atoms in total. The van der Waals surface area contributed by atoms with Crippen molar-refractivity contribution in [1.29, 1.82) is 0 Å². The number of hydrogen-bond donors (Lipinski definition) is 0. The highest BCUT2D eigenvalue weighted by molar-refractivity contribution is 5.73. The largest absolute Gasteiger partial charge is 0.0721 e. The third-order valence-corrected chi connectivity index (χ3v) is 5.54. The zero-order valence-electron chi connectivity index (χ0n) is 12.9. The molecule has 3 aromatic carbocycles. The van der Waals surface area contributed by atoms with E-state index in [2.05, 4.69) is 97.1 Å². The first-order chi connectivity index (χ1) is 11.4. The van der Waals surface area contributed by atoms with Gasteiger partial charge in [0.2, 0.25) is 0 Å². The maximum absolute atomic E-state index is 2.45. The quantitative estimate of drug-likeness (QED) is 0.582. The molecule has 0 radical (unpaired) electrons. The molecule has 23 heavy (non-hydrogen) atoms. The monoisotopic (exact) mass is 294 g/mol. The van der Waals surface area contributed by atoms with Crippen molar-refractivity contribution in [3.63, 3.8) is 0 Å². The first kappa shape index (κ1) is 12.9. The predicted octanol–water partition coefficient (Wildman–Crippen LogP) is 5.53. The van der Waals surface area contributed by atoms with Crippen molar-refractivity contribution in [2.75, 3.05) is 0 Å². The summed E-state index contributed by atoms with van der Waals surface area (Å²) >= 11 is 0. The van der Waals surface area contributed by atoms with Crippen LogP contribution in [0.4, 0.5) is 0 Å². The Hall–Kier alpha value is -2.60. The Labute approximate surface area is 137 Å². The van der Waals surface area contributed by atoms with E-state index < -0.39 is 0 Å². The highest BCUT2D eigenvalue weighted by Crippen LogP contribution is 2.73. The van der Waals surface area contributed by atoms with Gasteiger partial charge >= 0.3 is 0 Å². The van der Waals surface area contributed by atoms with Gasteiger partial charge in [0.15, 0.2) is 0 Å². The average molecular weight is 294 g/mol. The summed E-state index contributed by atoms with van der Waals surface area (Å²) in [6, 6.07) is 30.8. The van der Waals surface area contributed by atoms with E-state index in [9.17, 15) is 0 Å². The number of allylic oxidation sites excluding steroid dienone is 1. The SMILES string of the molecule is C1=CC2(c3ccccc31)C(c1ccccc1)C2c1ccccc1. The molecule has 2 aliphatic carbocycles. The Morgan fingerprint density at radius 1 is 0.565 bits per heavy atom. The number of fused-ring (bicyclic) bond motifs is 2. The van der Waals surface area contributed by atoms with Gasteiger partial charge in [0.1, 0.15) is 0 Å². The maximum atomic E-state index is 2.45. The van der Waals surface area contributed by atoms with E-state index in [4.69, 9.17) is 0 Å². The van der Waals surface area contributed by atoms with Gasteiger partial charge in [0.05, 0.1) is 0 Å². The molecule has 2 atom stereocenters. The Balaban J connectivity index is 1.70. The van der Waals surface area contributed by atoms with Gasteiger partial charge in [-0.2, -0.15) is 0 Å². The van der Waals surface area contributed by atoms with Crippen LogP contribution in [0.25, 0.3) is 6.08 Å². The van der Waals surface area contributed by atoms with E-state index in [1.54, 1.807) is 0 Å². The molecule has 5 rings (SSSR count). The summed E-state index contributed by atoms with van der Waals surface area (Å²) in [6.07, 6.45) is 4.77. The zero-order valence-corrected chi connectivity index (χ0v) is 12.9. The van der Waals surface area contributed by atoms with Crippen LogP contribution in [0, 0.1) is 0 Å². The predicted molar refractivity (Wildman–Crippen MR) is 95.5 cm³/mol. The van der Waals surface area contributed by atoms with Gasteiger partial charge < -0.3 is 0 Å². The normalized spacial score (nSPS) is 27.1.